The van der Waals surface area contributed by atoms with Gasteiger partial charge in [0.1, 0.15) is 5.82 Å². The van der Waals surface area contributed by atoms with E-state index in [1.807, 2.05) is 0 Å². The predicted octanol–water partition coefficient (Wildman–Crippen LogP) is 3.74. The van der Waals surface area contributed by atoms with E-state index in [0.29, 0.717) is 10.0 Å². The fourth-order valence-corrected chi connectivity index (χ4v) is 4.68. The maximum absolute atomic E-state index is 13.2. The zero-order valence-corrected chi connectivity index (χ0v) is 14.1. The second-order valence-electron chi connectivity index (χ2n) is 5.62. The van der Waals surface area contributed by atoms with Crippen molar-refractivity contribution in [2.75, 3.05) is 18.9 Å². The first kappa shape index (κ1) is 14.7. The lowest BCUT2D eigenvalue weighted by Gasteiger charge is -2.20. The minimum atomic E-state index is -0.293. The van der Waals surface area contributed by atoms with E-state index in [-0.39, 0.29) is 11.7 Å². The molecule has 118 valence electrons. The Morgan fingerprint density at radius 1 is 1.35 bits per heavy atom. The van der Waals surface area contributed by atoms with Gasteiger partial charge in [-0.05, 0) is 36.7 Å². The normalized spacial score (nSPS) is 14.9. The van der Waals surface area contributed by atoms with E-state index in [1.165, 1.54) is 39.7 Å². The first-order valence-electron chi connectivity index (χ1n) is 7.26. The number of anilines is 1. The average molecular weight is 347 g/mol. The third-order valence-corrected chi connectivity index (χ3v) is 5.96. The van der Waals surface area contributed by atoms with Crippen LogP contribution in [0, 0.1) is 5.82 Å². The van der Waals surface area contributed by atoms with Crippen molar-refractivity contribution in [2.45, 2.75) is 13.0 Å². The zero-order valence-electron chi connectivity index (χ0n) is 12.4. The van der Waals surface area contributed by atoms with Gasteiger partial charge in [0.25, 0.3) is 5.91 Å². The number of halogens is 1. The number of hydrogen-bond donors (Lipinski definition) is 1. The van der Waals surface area contributed by atoms with E-state index in [9.17, 15) is 9.18 Å². The summed E-state index contributed by atoms with van der Waals surface area (Å²) in [5, 5.41) is 4.26. The van der Waals surface area contributed by atoms with Gasteiger partial charge >= 0.3 is 0 Å². The summed E-state index contributed by atoms with van der Waals surface area (Å²) in [5.41, 5.74) is 1.09. The highest BCUT2D eigenvalue weighted by molar-refractivity contribution is 7.21. The quantitative estimate of drug-likeness (QED) is 0.768. The fraction of sp³-hybridized carbons (Fsp3) is 0.250. The number of aromatic nitrogens is 1. The molecular weight excluding hydrogens is 333 g/mol. The molecule has 2 aromatic heterocycles. The standard InChI is InChI=1S/C16H14FN3OS2/c1-20-5-4-11-14(8-20)23-16(18-11)19-15(21)13-7-9-6-10(17)2-3-12(9)22-13/h2-3,6-7H,4-5,8H2,1H3,(H,18,19,21). The highest BCUT2D eigenvalue weighted by atomic mass is 32.1. The molecule has 4 rings (SSSR count). The lowest BCUT2D eigenvalue weighted by atomic mass is 10.2. The summed E-state index contributed by atoms with van der Waals surface area (Å²) < 4.78 is 14.1. The molecule has 1 amide bonds. The number of thiophene rings is 1. The SMILES string of the molecule is CN1CCc2nc(NC(=O)c3cc4cc(F)ccc4s3)sc2C1. The maximum Gasteiger partial charge on any atom is 0.267 e. The third kappa shape index (κ3) is 2.87. The number of hydrogen-bond acceptors (Lipinski definition) is 5. The number of amides is 1. The molecule has 1 N–H and O–H groups in total. The highest BCUT2D eigenvalue weighted by Crippen LogP contribution is 2.30. The van der Waals surface area contributed by atoms with Gasteiger partial charge in [0.05, 0.1) is 10.6 Å². The third-order valence-electron chi connectivity index (χ3n) is 3.84. The predicted molar refractivity (Wildman–Crippen MR) is 91.9 cm³/mol. The van der Waals surface area contributed by atoms with E-state index in [1.54, 1.807) is 12.1 Å². The molecule has 1 aromatic carbocycles. The smallest absolute Gasteiger partial charge is 0.267 e. The van der Waals surface area contributed by atoms with Crippen LogP contribution >= 0.6 is 22.7 Å². The van der Waals surface area contributed by atoms with Crippen molar-refractivity contribution in [1.29, 1.82) is 0 Å². The second-order valence-corrected chi connectivity index (χ2v) is 7.79. The Morgan fingerprint density at radius 2 is 2.22 bits per heavy atom. The highest BCUT2D eigenvalue weighted by Gasteiger charge is 2.20. The number of likely N-dealkylation sites (N-methyl/N-ethyl adjacent to an activating group) is 1. The Bertz CT molecular complexity index is 902. The van der Waals surface area contributed by atoms with Gasteiger partial charge < -0.3 is 4.90 Å². The van der Waals surface area contributed by atoms with Crippen molar-refractivity contribution < 1.29 is 9.18 Å². The lowest BCUT2D eigenvalue weighted by Crippen LogP contribution is -2.25. The summed E-state index contributed by atoms with van der Waals surface area (Å²) in [6, 6.07) is 6.27. The molecule has 0 spiro atoms. The minimum absolute atomic E-state index is 0.189. The molecule has 4 nitrogen and oxygen atoms in total. The van der Waals surface area contributed by atoms with Gasteiger partial charge in [-0.15, -0.1) is 22.7 Å². The Hall–Kier alpha value is -1.83. The summed E-state index contributed by atoms with van der Waals surface area (Å²) in [6.07, 6.45) is 0.917. The van der Waals surface area contributed by atoms with E-state index < -0.39 is 0 Å². The van der Waals surface area contributed by atoms with Crippen molar-refractivity contribution in [1.82, 2.24) is 9.88 Å². The van der Waals surface area contributed by atoms with Gasteiger partial charge in [-0.2, -0.15) is 0 Å². The van der Waals surface area contributed by atoms with Crippen LogP contribution in [-0.4, -0.2) is 29.4 Å². The van der Waals surface area contributed by atoms with Crippen molar-refractivity contribution in [3.05, 3.63) is 45.5 Å². The molecule has 0 fully saturated rings. The number of carbonyl (C=O) groups is 1. The first-order valence-corrected chi connectivity index (χ1v) is 8.89. The van der Waals surface area contributed by atoms with Crippen LogP contribution in [0.25, 0.3) is 10.1 Å². The summed E-state index contributed by atoms with van der Waals surface area (Å²) in [4.78, 5) is 21.0. The molecule has 7 heteroatoms. The van der Waals surface area contributed by atoms with Gasteiger partial charge in [-0.1, -0.05) is 0 Å². The molecular formula is C16H14FN3OS2. The fourth-order valence-electron chi connectivity index (χ4n) is 2.66. The van der Waals surface area contributed by atoms with Crippen LogP contribution < -0.4 is 5.32 Å². The molecule has 0 radical (unpaired) electrons. The summed E-state index contributed by atoms with van der Waals surface area (Å²) >= 11 is 2.89. The van der Waals surface area contributed by atoms with Gasteiger partial charge in [-0.3, -0.25) is 10.1 Å². The molecule has 3 aromatic rings. The molecule has 0 saturated carbocycles. The van der Waals surface area contributed by atoms with Crippen molar-refractivity contribution in [3.63, 3.8) is 0 Å². The molecule has 0 atom stereocenters. The minimum Gasteiger partial charge on any atom is -0.301 e. The number of nitrogens with one attached hydrogen (secondary N) is 1. The molecule has 3 heterocycles. The van der Waals surface area contributed by atoms with Crippen LogP contribution in [0.4, 0.5) is 9.52 Å². The molecule has 0 bridgehead atoms. The molecule has 1 aliphatic rings. The molecule has 0 unspecified atom stereocenters. The first-order chi connectivity index (χ1) is 11.1. The Morgan fingerprint density at radius 3 is 3.09 bits per heavy atom. The molecule has 1 aliphatic heterocycles. The monoisotopic (exact) mass is 347 g/mol. The van der Waals surface area contributed by atoms with E-state index >= 15 is 0 Å². The summed E-state index contributed by atoms with van der Waals surface area (Å²) in [7, 11) is 2.08. The van der Waals surface area contributed by atoms with Crippen molar-refractivity contribution in [2.24, 2.45) is 0 Å². The Balaban J connectivity index is 1.57. The van der Waals surface area contributed by atoms with Gasteiger partial charge in [0.2, 0.25) is 0 Å². The van der Waals surface area contributed by atoms with Crippen LogP contribution in [0.3, 0.4) is 0 Å². The summed E-state index contributed by atoms with van der Waals surface area (Å²) in [6.45, 7) is 1.87. The van der Waals surface area contributed by atoms with Gasteiger partial charge in [0.15, 0.2) is 5.13 Å². The topological polar surface area (TPSA) is 45.2 Å². The maximum atomic E-state index is 13.2. The number of fused-ring (bicyclic) bond motifs is 2. The zero-order chi connectivity index (χ0) is 16.0. The van der Waals surface area contributed by atoms with E-state index in [4.69, 9.17) is 0 Å². The van der Waals surface area contributed by atoms with Crippen LogP contribution in [-0.2, 0) is 13.0 Å². The van der Waals surface area contributed by atoms with Gasteiger partial charge in [-0.25, -0.2) is 9.37 Å². The van der Waals surface area contributed by atoms with Crippen molar-refractivity contribution >= 4 is 43.8 Å². The summed E-state index contributed by atoms with van der Waals surface area (Å²) in [5.74, 6) is -0.481. The van der Waals surface area contributed by atoms with E-state index in [0.717, 1.165) is 35.3 Å². The van der Waals surface area contributed by atoms with Crippen LogP contribution in [0.1, 0.15) is 20.2 Å². The van der Waals surface area contributed by atoms with Gasteiger partial charge in [0, 0.05) is 29.1 Å². The number of thiazole rings is 1. The van der Waals surface area contributed by atoms with Crippen LogP contribution in [0.2, 0.25) is 0 Å². The average Bonchev–Trinajstić information content (AvgIpc) is 3.09. The molecule has 0 aliphatic carbocycles. The molecule has 0 saturated heterocycles. The second kappa shape index (κ2) is 5.67. The lowest BCUT2D eigenvalue weighted by molar-refractivity contribution is 0.103. The van der Waals surface area contributed by atoms with E-state index in [2.05, 4.69) is 22.2 Å². The molecule has 23 heavy (non-hydrogen) atoms. The Kier molecular flexibility index (Phi) is 3.63. The number of benzene rings is 1. The number of rotatable bonds is 2. The number of carbonyl (C=O) groups excluding carboxylic acids is 1. The van der Waals surface area contributed by atoms with Crippen LogP contribution in [0.5, 0.6) is 0 Å². The largest absolute Gasteiger partial charge is 0.301 e. The van der Waals surface area contributed by atoms with Crippen molar-refractivity contribution in [3.8, 4) is 0 Å². The number of nitrogens with zero attached hydrogens (tertiary/aromatic N) is 2. The Labute approximate surface area is 140 Å². The van der Waals surface area contributed by atoms with Crippen LogP contribution in [0.15, 0.2) is 24.3 Å².